The van der Waals surface area contributed by atoms with Crippen molar-refractivity contribution in [3.63, 3.8) is 0 Å². The zero-order chi connectivity index (χ0) is 25.2. The first kappa shape index (κ1) is 25.9. The van der Waals surface area contributed by atoms with E-state index in [2.05, 4.69) is 10.6 Å². The molecule has 3 aliphatic rings. The van der Waals surface area contributed by atoms with Gasteiger partial charge in [-0.05, 0) is 75.5 Å². The summed E-state index contributed by atoms with van der Waals surface area (Å²) in [7, 11) is -3.50. The Bertz CT molecular complexity index is 1050. The Kier molecular flexibility index (Phi) is 7.76. The third-order valence-corrected chi connectivity index (χ3v) is 10.3. The Morgan fingerprint density at radius 1 is 1.06 bits per heavy atom. The van der Waals surface area contributed by atoms with Gasteiger partial charge < -0.3 is 15.5 Å². The van der Waals surface area contributed by atoms with Crippen molar-refractivity contribution < 1.29 is 18.0 Å². The summed E-state index contributed by atoms with van der Waals surface area (Å²) in [6, 6.07) is 5.84. The summed E-state index contributed by atoms with van der Waals surface area (Å²) in [6.45, 7) is 8.34. The molecule has 35 heavy (non-hydrogen) atoms. The van der Waals surface area contributed by atoms with Crippen LogP contribution in [0.3, 0.4) is 0 Å². The van der Waals surface area contributed by atoms with Crippen LogP contribution >= 0.6 is 0 Å². The van der Waals surface area contributed by atoms with Crippen molar-refractivity contribution >= 4 is 22.0 Å². The van der Waals surface area contributed by atoms with Crippen molar-refractivity contribution in [2.24, 2.45) is 5.41 Å². The standard InChI is InChI=1S/C26H40N4O4S/c1-19-9-10-20(2)23(17-19)35(33,34)30-15-12-26(13-16-30)11-14-29(18-26)24(31)8-6-4-5-7-22-21(3)27-25(32)28-22/h9-10,17,21-22H,4-8,11-16,18H2,1-3H3,(H2,27,28,32)/t21-,22+/m0/s1. The summed E-state index contributed by atoms with van der Waals surface area (Å²) in [6.07, 6.45) is 6.92. The van der Waals surface area contributed by atoms with Crippen LogP contribution in [0.25, 0.3) is 0 Å². The average Bonchev–Trinajstić information content (AvgIpc) is 3.37. The SMILES string of the molecule is Cc1ccc(C)c(S(=O)(=O)N2CCC3(CCN(C(=O)CCCCC[C@H]4NC(=O)N[C@H]4C)C3)CC2)c1. The minimum absolute atomic E-state index is 0.0488. The van der Waals surface area contributed by atoms with Crippen molar-refractivity contribution in [2.75, 3.05) is 26.2 Å². The molecule has 3 heterocycles. The van der Waals surface area contributed by atoms with E-state index >= 15 is 0 Å². The number of carbonyl (C=O) groups excluding carboxylic acids is 2. The molecule has 2 N–H and O–H groups in total. The first-order valence-electron chi connectivity index (χ1n) is 13.0. The van der Waals surface area contributed by atoms with Crippen LogP contribution in [0.1, 0.15) is 69.4 Å². The van der Waals surface area contributed by atoms with E-state index in [0.717, 1.165) is 69.2 Å². The molecule has 0 aliphatic carbocycles. The van der Waals surface area contributed by atoms with Gasteiger partial charge in [-0.1, -0.05) is 25.0 Å². The summed E-state index contributed by atoms with van der Waals surface area (Å²) in [4.78, 5) is 26.6. The monoisotopic (exact) mass is 504 g/mol. The van der Waals surface area contributed by atoms with Crippen LogP contribution in [0.5, 0.6) is 0 Å². The second-order valence-electron chi connectivity index (χ2n) is 10.9. The number of nitrogens with one attached hydrogen (secondary N) is 2. The van der Waals surface area contributed by atoms with Crippen LogP contribution < -0.4 is 10.6 Å². The highest BCUT2D eigenvalue weighted by molar-refractivity contribution is 7.89. The quantitative estimate of drug-likeness (QED) is 0.531. The molecule has 0 unspecified atom stereocenters. The van der Waals surface area contributed by atoms with Gasteiger partial charge in [0.25, 0.3) is 0 Å². The number of carbonyl (C=O) groups is 2. The Morgan fingerprint density at radius 3 is 2.46 bits per heavy atom. The molecule has 3 amide bonds. The van der Waals surface area contributed by atoms with Gasteiger partial charge >= 0.3 is 6.03 Å². The van der Waals surface area contributed by atoms with E-state index in [9.17, 15) is 18.0 Å². The fourth-order valence-corrected chi connectivity index (χ4v) is 7.57. The lowest BCUT2D eigenvalue weighted by molar-refractivity contribution is -0.130. The average molecular weight is 505 g/mol. The van der Waals surface area contributed by atoms with E-state index < -0.39 is 10.0 Å². The van der Waals surface area contributed by atoms with Crippen LogP contribution in [0.4, 0.5) is 4.79 Å². The van der Waals surface area contributed by atoms with Gasteiger partial charge in [-0.25, -0.2) is 13.2 Å². The number of amides is 3. The Hall–Kier alpha value is -2.13. The van der Waals surface area contributed by atoms with Crippen LogP contribution in [-0.2, 0) is 14.8 Å². The first-order chi connectivity index (χ1) is 16.6. The molecule has 1 spiro atoms. The number of piperidine rings is 1. The van der Waals surface area contributed by atoms with Crippen LogP contribution in [0.15, 0.2) is 23.1 Å². The number of likely N-dealkylation sites (tertiary alicyclic amines) is 1. The number of hydrogen-bond acceptors (Lipinski definition) is 4. The molecule has 4 rings (SSSR count). The van der Waals surface area contributed by atoms with E-state index in [4.69, 9.17) is 0 Å². The highest BCUT2D eigenvalue weighted by Crippen LogP contribution is 2.42. The van der Waals surface area contributed by atoms with E-state index in [1.54, 1.807) is 10.4 Å². The molecule has 0 aromatic heterocycles. The van der Waals surface area contributed by atoms with Crippen LogP contribution in [0, 0.1) is 19.3 Å². The van der Waals surface area contributed by atoms with Gasteiger partial charge in [-0.15, -0.1) is 0 Å². The topological polar surface area (TPSA) is 98.8 Å². The number of rotatable bonds is 8. The number of sulfonamides is 1. The van der Waals surface area contributed by atoms with Crippen molar-refractivity contribution in [1.82, 2.24) is 19.8 Å². The molecule has 0 saturated carbocycles. The zero-order valence-corrected chi connectivity index (χ0v) is 22.1. The molecule has 3 aliphatic heterocycles. The summed E-state index contributed by atoms with van der Waals surface area (Å²) in [5.41, 5.74) is 1.78. The van der Waals surface area contributed by atoms with E-state index in [1.807, 2.05) is 37.8 Å². The number of unbranched alkanes of at least 4 members (excludes halogenated alkanes) is 2. The van der Waals surface area contributed by atoms with E-state index in [-0.39, 0.29) is 29.4 Å². The van der Waals surface area contributed by atoms with Gasteiger partial charge in [0.15, 0.2) is 0 Å². The van der Waals surface area contributed by atoms with Gasteiger partial charge in [0.2, 0.25) is 15.9 Å². The molecular weight excluding hydrogens is 464 g/mol. The van der Waals surface area contributed by atoms with Crippen molar-refractivity contribution in [3.05, 3.63) is 29.3 Å². The number of benzene rings is 1. The molecule has 3 saturated heterocycles. The Morgan fingerprint density at radius 2 is 1.77 bits per heavy atom. The Balaban J connectivity index is 1.21. The normalized spacial score (nSPS) is 24.5. The van der Waals surface area contributed by atoms with Crippen molar-refractivity contribution in [3.8, 4) is 0 Å². The largest absolute Gasteiger partial charge is 0.342 e. The van der Waals surface area contributed by atoms with Crippen LogP contribution in [0.2, 0.25) is 0 Å². The molecule has 194 valence electrons. The first-order valence-corrected chi connectivity index (χ1v) is 14.5. The fraction of sp³-hybridized carbons (Fsp3) is 0.692. The molecule has 9 heteroatoms. The minimum atomic E-state index is -3.50. The molecule has 0 bridgehead atoms. The van der Waals surface area contributed by atoms with E-state index in [0.29, 0.717) is 24.4 Å². The van der Waals surface area contributed by atoms with Gasteiger partial charge in [0, 0.05) is 38.6 Å². The molecule has 8 nitrogen and oxygen atoms in total. The van der Waals surface area contributed by atoms with Crippen molar-refractivity contribution in [2.45, 2.75) is 89.1 Å². The summed E-state index contributed by atoms with van der Waals surface area (Å²) in [5, 5.41) is 5.81. The number of aryl methyl sites for hydroxylation is 2. The van der Waals surface area contributed by atoms with E-state index in [1.165, 1.54) is 0 Å². The highest BCUT2D eigenvalue weighted by atomic mass is 32.2. The second-order valence-corrected chi connectivity index (χ2v) is 12.8. The fourth-order valence-electron chi connectivity index (χ4n) is 5.82. The molecule has 3 fully saturated rings. The number of nitrogens with zero attached hydrogens (tertiary/aromatic N) is 2. The maximum absolute atomic E-state index is 13.3. The lowest BCUT2D eigenvalue weighted by atomic mass is 9.78. The molecule has 0 radical (unpaired) electrons. The molecule has 1 aromatic rings. The predicted octanol–water partition coefficient (Wildman–Crippen LogP) is 3.33. The molecule has 2 atom stereocenters. The number of urea groups is 1. The lowest BCUT2D eigenvalue weighted by Crippen LogP contribution is -2.44. The zero-order valence-electron chi connectivity index (χ0n) is 21.3. The second kappa shape index (κ2) is 10.5. The van der Waals surface area contributed by atoms with Gasteiger partial charge in [-0.2, -0.15) is 4.31 Å². The summed E-state index contributed by atoms with van der Waals surface area (Å²) < 4.78 is 28.2. The maximum atomic E-state index is 13.3. The van der Waals surface area contributed by atoms with Gasteiger partial charge in [0.1, 0.15) is 0 Å². The maximum Gasteiger partial charge on any atom is 0.315 e. The smallest absolute Gasteiger partial charge is 0.315 e. The third-order valence-electron chi connectivity index (χ3n) is 8.22. The lowest BCUT2D eigenvalue weighted by Gasteiger charge is -2.38. The Labute approximate surface area is 209 Å². The molecule has 1 aromatic carbocycles. The highest BCUT2D eigenvalue weighted by Gasteiger charge is 2.44. The summed E-state index contributed by atoms with van der Waals surface area (Å²) in [5.74, 6) is 0.219. The van der Waals surface area contributed by atoms with Gasteiger partial charge in [-0.3, -0.25) is 4.79 Å². The van der Waals surface area contributed by atoms with Gasteiger partial charge in [0.05, 0.1) is 10.9 Å². The van der Waals surface area contributed by atoms with Crippen LogP contribution in [-0.4, -0.2) is 67.8 Å². The number of hydrogen-bond donors (Lipinski definition) is 2. The molecular formula is C26H40N4O4S. The third kappa shape index (κ3) is 5.82. The predicted molar refractivity (Wildman–Crippen MR) is 136 cm³/mol. The summed E-state index contributed by atoms with van der Waals surface area (Å²) >= 11 is 0. The van der Waals surface area contributed by atoms with Crippen molar-refractivity contribution in [1.29, 1.82) is 0 Å². The minimum Gasteiger partial charge on any atom is -0.342 e.